The molecule has 16 heavy (non-hydrogen) atoms. The summed E-state index contributed by atoms with van der Waals surface area (Å²) in [5, 5.41) is 11.9. The second kappa shape index (κ2) is 4.73. The van der Waals surface area contributed by atoms with Crippen molar-refractivity contribution in [3.63, 3.8) is 0 Å². The molecular weight excluding hydrogens is 268 g/mol. The maximum absolute atomic E-state index is 8.86. The molecule has 2 aromatic rings. The van der Waals surface area contributed by atoms with E-state index in [4.69, 9.17) is 5.26 Å². The lowest BCUT2D eigenvalue weighted by Gasteiger charge is -2.07. The molecule has 1 aromatic heterocycles. The molecule has 0 spiro atoms. The van der Waals surface area contributed by atoms with Crippen LogP contribution in [0.15, 0.2) is 41.1 Å². The highest BCUT2D eigenvalue weighted by atomic mass is 79.9. The zero-order valence-electron chi connectivity index (χ0n) is 8.18. The third-order valence-corrected chi connectivity index (χ3v) is 2.62. The van der Waals surface area contributed by atoms with Crippen molar-refractivity contribution in [2.45, 2.75) is 0 Å². The van der Waals surface area contributed by atoms with E-state index in [0.717, 1.165) is 10.2 Å². The second-order valence-corrected chi connectivity index (χ2v) is 3.82. The van der Waals surface area contributed by atoms with E-state index in [2.05, 4.69) is 31.2 Å². The van der Waals surface area contributed by atoms with Crippen LogP contribution in [0.2, 0.25) is 0 Å². The molecular formula is C11H7BrN4. The van der Waals surface area contributed by atoms with Gasteiger partial charge in [0.05, 0.1) is 5.69 Å². The molecule has 0 aliphatic heterocycles. The molecule has 0 amide bonds. The molecule has 0 saturated carbocycles. The van der Waals surface area contributed by atoms with Crippen LogP contribution in [-0.2, 0) is 0 Å². The van der Waals surface area contributed by atoms with E-state index < -0.39 is 0 Å². The lowest BCUT2D eigenvalue weighted by atomic mass is 10.3. The van der Waals surface area contributed by atoms with Crippen molar-refractivity contribution < 1.29 is 0 Å². The monoisotopic (exact) mass is 274 g/mol. The predicted octanol–water partition coefficient (Wildman–Crippen LogP) is 2.85. The second-order valence-electron chi connectivity index (χ2n) is 2.97. The van der Waals surface area contributed by atoms with Gasteiger partial charge in [0.2, 0.25) is 0 Å². The van der Waals surface area contributed by atoms with Crippen LogP contribution in [0.5, 0.6) is 0 Å². The van der Waals surface area contributed by atoms with E-state index in [1.807, 2.05) is 30.3 Å². The minimum Gasteiger partial charge on any atom is -0.337 e. The Labute approximate surface area is 101 Å². The molecule has 0 bridgehead atoms. The topological polar surface area (TPSA) is 61.6 Å². The number of anilines is 2. The van der Waals surface area contributed by atoms with Crippen LogP contribution >= 0.6 is 15.9 Å². The first kappa shape index (κ1) is 10.6. The summed E-state index contributed by atoms with van der Waals surface area (Å²) in [4.78, 5) is 7.99. The highest BCUT2D eigenvalue weighted by Crippen LogP contribution is 2.24. The Balaban J connectivity index is 2.35. The zero-order chi connectivity index (χ0) is 11.4. The van der Waals surface area contributed by atoms with Gasteiger partial charge in [-0.15, -0.1) is 0 Å². The normalized spacial score (nSPS) is 9.50. The van der Waals surface area contributed by atoms with Crippen LogP contribution in [0.25, 0.3) is 0 Å². The van der Waals surface area contributed by atoms with Crippen molar-refractivity contribution in [1.82, 2.24) is 9.97 Å². The SMILES string of the molecule is N#Cc1nccnc1Nc1ccccc1Br. The molecule has 4 nitrogen and oxygen atoms in total. The van der Waals surface area contributed by atoms with Gasteiger partial charge >= 0.3 is 0 Å². The summed E-state index contributed by atoms with van der Waals surface area (Å²) in [6.45, 7) is 0. The Morgan fingerprint density at radius 3 is 2.69 bits per heavy atom. The molecule has 0 aliphatic rings. The van der Waals surface area contributed by atoms with Crippen molar-refractivity contribution in [3.8, 4) is 6.07 Å². The summed E-state index contributed by atoms with van der Waals surface area (Å²) >= 11 is 3.41. The fourth-order valence-corrected chi connectivity index (χ4v) is 1.59. The third kappa shape index (κ3) is 2.18. The van der Waals surface area contributed by atoms with Crippen LogP contribution in [-0.4, -0.2) is 9.97 Å². The van der Waals surface area contributed by atoms with Gasteiger partial charge in [0.1, 0.15) is 6.07 Å². The minimum atomic E-state index is 0.276. The first-order valence-electron chi connectivity index (χ1n) is 4.54. The van der Waals surface area contributed by atoms with Crippen molar-refractivity contribution in [2.24, 2.45) is 0 Å². The zero-order valence-corrected chi connectivity index (χ0v) is 9.77. The van der Waals surface area contributed by atoms with E-state index in [-0.39, 0.29) is 5.69 Å². The van der Waals surface area contributed by atoms with E-state index in [9.17, 15) is 0 Å². The number of nitriles is 1. The average molecular weight is 275 g/mol. The quantitative estimate of drug-likeness (QED) is 0.915. The molecule has 5 heteroatoms. The smallest absolute Gasteiger partial charge is 0.183 e. The predicted molar refractivity (Wildman–Crippen MR) is 64.2 cm³/mol. The summed E-state index contributed by atoms with van der Waals surface area (Å²) in [7, 11) is 0. The van der Waals surface area contributed by atoms with Gasteiger partial charge in [0.15, 0.2) is 11.5 Å². The van der Waals surface area contributed by atoms with Gasteiger partial charge in [-0.05, 0) is 28.1 Å². The van der Waals surface area contributed by atoms with E-state index in [1.165, 1.54) is 6.20 Å². The largest absolute Gasteiger partial charge is 0.337 e. The maximum Gasteiger partial charge on any atom is 0.183 e. The maximum atomic E-state index is 8.86. The molecule has 0 unspecified atom stereocenters. The summed E-state index contributed by atoms with van der Waals surface area (Å²) in [6.07, 6.45) is 3.03. The van der Waals surface area contributed by atoms with Crippen LogP contribution in [0.4, 0.5) is 11.5 Å². The molecule has 1 heterocycles. The van der Waals surface area contributed by atoms with E-state index in [1.54, 1.807) is 6.20 Å². The van der Waals surface area contributed by atoms with Crippen molar-refractivity contribution in [1.29, 1.82) is 5.26 Å². The summed E-state index contributed by atoms with van der Waals surface area (Å²) in [5.74, 6) is 0.455. The lowest BCUT2D eigenvalue weighted by molar-refractivity contribution is 1.16. The number of benzene rings is 1. The molecule has 2 rings (SSSR count). The standard InChI is InChI=1S/C11H7BrN4/c12-8-3-1-2-4-9(8)16-11-10(7-13)14-5-6-15-11/h1-6H,(H,15,16). The first-order valence-corrected chi connectivity index (χ1v) is 5.33. The summed E-state index contributed by atoms with van der Waals surface area (Å²) in [5.41, 5.74) is 1.12. The summed E-state index contributed by atoms with van der Waals surface area (Å²) in [6, 6.07) is 9.59. The van der Waals surface area contributed by atoms with Gasteiger partial charge < -0.3 is 5.32 Å². The molecule has 0 radical (unpaired) electrons. The van der Waals surface area contributed by atoms with Gasteiger partial charge in [0.25, 0.3) is 0 Å². The number of halogens is 1. The van der Waals surface area contributed by atoms with Gasteiger partial charge in [-0.25, -0.2) is 9.97 Å². The Bertz CT molecular complexity index is 548. The number of hydrogen-bond acceptors (Lipinski definition) is 4. The van der Waals surface area contributed by atoms with Gasteiger partial charge in [0, 0.05) is 16.9 Å². The molecule has 0 atom stereocenters. The Morgan fingerprint density at radius 2 is 1.94 bits per heavy atom. The van der Waals surface area contributed by atoms with Crippen molar-refractivity contribution in [3.05, 3.63) is 46.8 Å². The highest BCUT2D eigenvalue weighted by Gasteiger charge is 2.05. The third-order valence-electron chi connectivity index (χ3n) is 1.93. The van der Waals surface area contributed by atoms with Crippen molar-refractivity contribution in [2.75, 3.05) is 5.32 Å². The number of hydrogen-bond donors (Lipinski definition) is 1. The Kier molecular flexibility index (Phi) is 3.13. The van der Waals surface area contributed by atoms with Gasteiger partial charge in [-0.1, -0.05) is 12.1 Å². The Morgan fingerprint density at radius 1 is 1.19 bits per heavy atom. The number of nitrogens with zero attached hydrogens (tertiary/aromatic N) is 3. The van der Waals surface area contributed by atoms with Gasteiger partial charge in [-0.2, -0.15) is 5.26 Å². The van der Waals surface area contributed by atoms with Gasteiger partial charge in [-0.3, -0.25) is 0 Å². The first-order chi connectivity index (χ1) is 7.81. The fraction of sp³-hybridized carbons (Fsp3) is 0. The Hall–Kier alpha value is -1.93. The molecule has 0 aliphatic carbocycles. The number of aromatic nitrogens is 2. The lowest BCUT2D eigenvalue weighted by Crippen LogP contribution is -1.98. The molecule has 1 aromatic carbocycles. The fourth-order valence-electron chi connectivity index (χ4n) is 1.20. The number of nitrogens with one attached hydrogen (secondary N) is 1. The molecule has 0 saturated heterocycles. The van der Waals surface area contributed by atoms with Crippen LogP contribution in [0, 0.1) is 11.3 Å². The minimum absolute atomic E-state index is 0.276. The van der Waals surface area contributed by atoms with E-state index >= 15 is 0 Å². The number of rotatable bonds is 2. The highest BCUT2D eigenvalue weighted by molar-refractivity contribution is 9.10. The molecule has 78 valence electrons. The van der Waals surface area contributed by atoms with Crippen LogP contribution in [0.1, 0.15) is 5.69 Å². The van der Waals surface area contributed by atoms with Crippen LogP contribution < -0.4 is 5.32 Å². The summed E-state index contributed by atoms with van der Waals surface area (Å²) < 4.78 is 0.907. The average Bonchev–Trinajstić information content (AvgIpc) is 2.33. The van der Waals surface area contributed by atoms with Crippen molar-refractivity contribution >= 4 is 27.4 Å². The molecule has 1 N–H and O–H groups in total. The van der Waals surface area contributed by atoms with E-state index in [0.29, 0.717) is 5.82 Å². The number of para-hydroxylation sites is 1. The molecule has 0 fully saturated rings. The van der Waals surface area contributed by atoms with Crippen LogP contribution in [0.3, 0.4) is 0 Å².